The van der Waals surface area contributed by atoms with E-state index in [1.807, 2.05) is 16.7 Å². The van der Waals surface area contributed by atoms with Crippen LogP contribution in [0.4, 0.5) is 11.4 Å². The second kappa shape index (κ2) is 9.31. The zero-order valence-corrected chi connectivity index (χ0v) is 18.5. The average Bonchev–Trinajstić information content (AvgIpc) is 3.15. The summed E-state index contributed by atoms with van der Waals surface area (Å²) < 4.78 is 26.7. The highest BCUT2D eigenvalue weighted by Crippen LogP contribution is 2.22. The van der Waals surface area contributed by atoms with Crippen LogP contribution in [0.3, 0.4) is 0 Å². The van der Waals surface area contributed by atoms with Gasteiger partial charge in [0, 0.05) is 17.1 Å². The minimum Gasteiger partial charge on any atom is -0.325 e. The molecule has 3 aromatic rings. The van der Waals surface area contributed by atoms with Crippen molar-refractivity contribution in [2.24, 2.45) is 0 Å². The van der Waals surface area contributed by atoms with Crippen molar-refractivity contribution in [3.8, 4) is 5.69 Å². The van der Waals surface area contributed by atoms with E-state index in [1.165, 1.54) is 17.3 Å². The van der Waals surface area contributed by atoms with Crippen LogP contribution in [-0.2, 0) is 14.8 Å². The molecule has 0 aliphatic carbocycles. The molecule has 8 nitrogen and oxygen atoms in total. The minimum absolute atomic E-state index is 0.159. The van der Waals surface area contributed by atoms with Gasteiger partial charge >= 0.3 is 0 Å². The number of hydrogen-bond acceptors (Lipinski definition) is 6. The molecule has 1 aromatic heterocycles. The lowest BCUT2D eigenvalue weighted by atomic mass is 10.0. The number of rotatable bonds is 8. The van der Waals surface area contributed by atoms with E-state index in [-0.39, 0.29) is 11.7 Å². The zero-order chi connectivity index (χ0) is 21.7. The number of aromatic nitrogens is 3. The Kier molecular flexibility index (Phi) is 6.78. The van der Waals surface area contributed by atoms with Gasteiger partial charge in [-0.15, -0.1) is 10.2 Å². The Morgan fingerprint density at radius 3 is 2.30 bits per heavy atom. The monoisotopic (exact) mass is 445 g/mol. The maximum Gasteiger partial charge on any atom is 0.234 e. The number of sulfonamides is 1. The highest BCUT2D eigenvalue weighted by Gasteiger charge is 2.11. The molecule has 0 aliphatic heterocycles. The summed E-state index contributed by atoms with van der Waals surface area (Å²) in [4.78, 5) is 12.3. The van der Waals surface area contributed by atoms with E-state index in [4.69, 9.17) is 0 Å². The third-order valence-electron chi connectivity index (χ3n) is 4.16. The van der Waals surface area contributed by atoms with Crippen molar-refractivity contribution >= 4 is 39.1 Å². The smallest absolute Gasteiger partial charge is 0.234 e. The Morgan fingerprint density at radius 2 is 1.70 bits per heavy atom. The van der Waals surface area contributed by atoms with Gasteiger partial charge in [0.2, 0.25) is 15.9 Å². The summed E-state index contributed by atoms with van der Waals surface area (Å²) in [5, 5.41) is 11.5. The quantitative estimate of drug-likeness (QED) is 0.514. The third kappa shape index (κ3) is 6.07. The van der Waals surface area contributed by atoms with E-state index in [2.05, 4.69) is 46.2 Å². The topological polar surface area (TPSA) is 106 Å². The zero-order valence-electron chi connectivity index (χ0n) is 16.9. The number of hydrogen-bond donors (Lipinski definition) is 2. The molecule has 0 radical (unpaired) electrons. The summed E-state index contributed by atoms with van der Waals surface area (Å²) in [6.07, 6.45) is 2.70. The molecule has 1 amide bonds. The largest absolute Gasteiger partial charge is 0.325 e. The summed E-state index contributed by atoms with van der Waals surface area (Å²) in [5.41, 5.74) is 3.19. The van der Waals surface area contributed by atoms with Crippen LogP contribution in [0.5, 0.6) is 0 Å². The maximum absolute atomic E-state index is 12.3. The number of thioether (sulfide) groups is 1. The fraction of sp³-hybridized carbons (Fsp3) is 0.250. The van der Waals surface area contributed by atoms with Crippen molar-refractivity contribution in [2.45, 2.75) is 24.9 Å². The van der Waals surface area contributed by atoms with Crippen LogP contribution in [0.2, 0.25) is 0 Å². The molecule has 0 spiro atoms. The van der Waals surface area contributed by atoms with Gasteiger partial charge in [-0.2, -0.15) is 0 Å². The van der Waals surface area contributed by atoms with E-state index in [9.17, 15) is 13.2 Å². The van der Waals surface area contributed by atoms with Gasteiger partial charge < -0.3 is 5.32 Å². The van der Waals surface area contributed by atoms with Gasteiger partial charge in [-0.3, -0.25) is 14.1 Å². The van der Waals surface area contributed by atoms with Crippen LogP contribution in [0.25, 0.3) is 5.69 Å². The van der Waals surface area contributed by atoms with Crippen molar-refractivity contribution in [3.05, 3.63) is 60.4 Å². The number of carbonyl (C=O) groups excluding carboxylic acids is 1. The van der Waals surface area contributed by atoms with Gasteiger partial charge in [0.15, 0.2) is 5.16 Å². The van der Waals surface area contributed by atoms with Crippen molar-refractivity contribution < 1.29 is 13.2 Å². The normalized spacial score (nSPS) is 11.5. The van der Waals surface area contributed by atoms with Crippen molar-refractivity contribution in [2.75, 3.05) is 22.0 Å². The molecular formula is C20H23N5O3S2. The van der Waals surface area contributed by atoms with E-state index in [0.717, 1.165) is 11.9 Å². The molecule has 0 saturated heterocycles. The molecule has 0 atom stereocenters. The van der Waals surface area contributed by atoms with Gasteiger partial charge in [0.25, 0.3) is 0 Å². The van der Waals surface area contributed by atoms with Crippen LogP contribution in [-0.4, -0.2) is 41.1 Å². The molecule has 0 aliphatic rings. The molecule has 0 fully saturated rings. The first kappa shape index (κ1) is 21.8. The standard InChI is InChI=1S/C20H23N5O3S2/c1-14(2)15-4-10-18(11-5-15)25-13-21-23-20(25)29-12-19(26)22-16-6-8-17(9-7-16)24-30(3,27)28/h4-11,13-14,24H,12H2,1-3H3,(H,22,26). The lowest BCUT2D eigenvalue weighted by molar-refractivity contribution is -0.113. The summed E-state index contributed by atoms with van der Waals surface area (Å²) in [6.45, 7) is 4.28. The summed E-state index contributed by atoms with van der Waals surface area (Å²) in [5.74, 6) is 0.411. The fourth-order valence-electron chi connectivity index (χ4n) is 2.68. The minimum atomic E-state index is -3.34. The molecule has 10 heteroatoms. The summed E-state index contributed by atoms with van der Waals surface area (Å²) in [7, 11) is -3.34. The second-order valence-electron chi connectivity index (χ2n) is 7.02. The number of anilines is 2. The molecule has 0 unspecified atom stereocenters. The van der Waals surface area contributed by atoms with E-state index < -0.39 is 10.0 Å². The average molecular weight is 446 g/mol. The molecule has 2 aromatic carbocycles. The van der Waals surface area contributed by atoms with Gasteiger partial charge in [-0.1, -0.05) is 37.7 Å². The Bertz CT molecular complexity index is 1110. The highest BCUT2D eigenvalue weighted by molar-refractivity contribution is 7.99. The molecule has 158 valence electrons. The van der Waals surface area contributed by atoms with Gasteiger partial charge in [-0.05, 0) is 47.9 Å². The molecule has 1 heterocycles. The Morgan fingerprint density at radius 1 is 1.07 bits per heavy atom. The van der Waals surface area contributed by atoms with Crippen molar-refractivity contribution in [1.82, 2.24) is 14.8 Å². The number of carbonyl (C=O) groups is 1. The van der Waals surface area contributed by atoms with Crippen LogP contribution >= 0.6 is 11.8 Å². The molecule has 0 saturated carbocycles. The Balaban J connectivity index is 1.59. The Hall–Kier alpha value is -2.85. The lowest BCUT2D eigenvalue weighted by Crippen LogP contribution is -2.14. The number of nitrogens with one attached hydrogen (secondary N) is 2. The lowest BCUT2D eigenvalue weighted by Gasteiger charge is -2.10. The molecule has 2 N–H and O–H groups in total. The van der Waals surface area contributed by atoms with E-state index in [0.29, 0.717) is 22.4 Å². The second-order valence-corrected chi connectivity index (χ2v) is 9.71. The van der Waals surface area contributed by atoms with Crippen LogP contribution in [0, 0.1) is 0 Å². The fourth-order valence-corrected chi connectivity index (χ4v) is 3.98. The van der Waals surface area contributed by atoms with Gasteiger partial charge in [0.1, 0.15) is 6.33 Å². The molecule has 30 heavy (non-hydrogen) atoms. The highest BCUT2D eigenvalue weighted by atomic mass is 32.2. The van der Waals surface area contributed by atoms with Gasteiger partial charge in [-0.25, -0.2) is 8.42 Å². The van der Waals surface area contributed by atoms with Gasteiger partial charge in [0.05, 0.1) is 12.0 Å². The SMILES string of the molecule is CC(C)c1ccc(-n2cnnc2SCC(=O)Nc2ccc(NS(C)(=O)=O)cc2)cc1. The van der Waals surface area contributed by atoms with E-state index in [1.54, 1.807) is 30.6 Å². The number of amides is 1. The number of nitrogens with zero attached hydrogens (tertiary/aromatic N) is 3. The summed E-state index contributed by atoms with van der Waals surface area (Å²) >= 11 is 1.28. The van der Waals surface area contributed by atoms with Crippen molar-refractivity contribution in [1.29, 1.82) is 0 Å². The third-order valence-corrected chi connectivity index (χ3v) is 5.71. The maximum atomic E-state index is 12.3. The van der Waals surface area contributed by atoms with Crippen LogP contribution in [0.1, 0.15) is 25.3 Å². The first-order valence-corrected chi connectivity index (χ1v) is 12.1. The Labute approximate surface area is 180 Å². The molecule has 0 bridgehead atoms. The molecule has 3 rings (SSSR count). The van der Waals surface area contributed by atoms with Crippen LogP contribution in [0.15, 0.2) is 60.0 Å². The first-order valence-electron chi connectivity index (χ1n) is 9.22. The number of benzene rings is 2. The predicted octanol–water partition coefficient (Wildman–Crippen LogP) is 3.49. The first-order chi connectivity index (χ1) is 14.2. The molecular weight excluding hydrogens is 422 g/mol. The van der Waals surface area contributed by atoms with Crippen molar-refractivity contribution in [3.63, 3.8) is 0 Å². The summed E-state index contributed by atoms with van der Waals surface area (Å²) in [6, 6.07) is 14.6. The van der Waals surface area contributed by atoms with Crippen LogP contribution < -0.4 is 10.0 Å². The van der Waals surface area contributed by atoms with E-state index >= 15 is 0 Å². The predicted molar refractivity (Wildman–Crippen MR) is 120 cm³/mol.